The summed E-state index contributed by atoms with van der Waals surface area (Å²) >= 11 is 0. The first kappa shape index (κ1) is 19.0. The maximum absolute atomic E-state index is 5.64. The van der Waals surface area contributed by atoms with E-state index in [-0.39, 0.29) is 0 Å². The predicted octanol–water partition coefficient (Wildman–Crippen LogP) is 6.32. The second-order valence-electron chi connectivity index (χ2n) is 6.11. The molecule has 0 spiro atoms. The van der Waals surface area contributed by atoms with Crippen molar-refractivity contribution in [2.24, 2.45) is 0 Å². The van der Waals surface area contributed by atoms with Gasteiger partial charge in [-0.15, -0.1) is 0 Å². The smallest absolute Gasteiger partial charge is 0.0466 e. The quantitative estimate of drug-likeness (QED) is 0.316. The lowest BCUT2D eigenvalue weighted by Gasteiger charge is -2.06. The molecule has 0 N–H and O–H groups in total. The summed E-state index contributed by atoms with van der Waals surface area (Å²) in [6.07, 6.45) is 16.4. The first-order valence-corrected chi connectivity index (χ1v) is 8.64. The Kier molecular flexibility index (Phi) is 16.0. The van der Waals surface area contributed by atoms with E-state index in [1.165, 1.54) is 83.0 Å². The van der Waals surface area contributed by atoms with Gasteiger partial charge in [-0.1, -0.05) is 78.6 Å². The fourth-order valence-corrected chi connectivity index (χ4v) is 2.32. The molecule has 1 nitrogen and oxygen atoms in total. The van der Waals surface area contributed by atoms with Crippen LogP contribution in [0, 0.1) is 5.92 Å². The summed E-state index contributed by atoms with van der Waals surface area (Å²) < 4.78 is 5.64. The molecule has 0 unspecified atom stereocenters. The van der Waals surface area contributed by atoms with Gasteiger partial charge >= 0.3 is 0 Å². The van der Waals surface area contributed by atoms with Crippen LogP contribution in [0.5, 0.6) is 0 Å². The van der Waals surface area contributed by atoms with Crippen LogP contribution < -0.4 is 0 Å². The molecule has 0 heterocycles. The van der Waals surface area contributed by atoms with Crippen molar-refractivity contribution in [1.82, 2.24) is 0 Å². The lowest BCUT2D eigenvalue weighted by atomic mass is 10.1. The molecule has 19 heavy (non-hydrogen) atoms. The van der Waals surface area contributed by atoms with Crippen molar-refractivity contribution in [1.29, 1.82) is 0 Å². The summed E-state index contributed by atoms with van der Waals surface area (Å²) in [6.45, 7) is 8.59. The van der Waals surface area contributed by atoms with Crippen LogP contribution >= 0.6 is 0 Å². The average Bonchev–Trinajstić information content (AvgIpc) is 2.39. The number of unbranched alkanes of at least 4 members (excludes halogenated alkanes) is 9. The molecule has 0 fully saturated rings. The highest BCUT2D eigenvalue weighted by atomic mass is 16.5. The monoisotopic (exact) mass is 269 g/mol. The number of hydrogen-bond donors (Lipinski definition) is 0. The van der Waals surface area contributed by atoms with Crippen molar-refractivity contribution in [3.8, 4) is 0 Å². The van der Waals surface area contributed by atoms with Gasteiger partial charge in [-0.2, -0.15) is 0 Å². The highest BCUT2D eigenvalue weighted by Gasteiger charge is 1.95. The molecule has 0 aliphatic heterocycles. The lowest BCUT2D eigenvalue weighted by molar-refractivity contribution is 0.127. The number of hydrogen-bond acceptors (Lipinski definition) is 1. The fourth-order valence-electron chi connectivity index (χ4n) is 2.32. The van der Waals surface area contributed by atoms with Gasteiger partial charge in [-0.25, -0.2) is 0 Å². The highest BCUT2D eigenvalue weighted by Crippen LogP contribution is 2.10. The van der Waals surface area contributed by atoms with E-state index >= 15 is 0 Å². The summed E-state index contributed by atoms with van der Waals surface area (Å²) in [5.41, 5.74) is 0. The third-order valence-electron chi connectivity index (χ3n) is 3.61. The third kappa shape index (κ3) is 18.0. The van der Waals surface area contributed by atoms with Crippen molar-refractivity contribution >= 4 is 0 Å². The standard InChI is InChI=1S/C18H37O/c1-4-5-6-7-8-9-10-11-12-13-16-19-17-14-15-18(2)3/h4-17H2,1-3H3. The van der Waals surface area contributed by atoms with Crippen molar-refractivity contribution in [2.45, 2.75) is 97.8 Å². The molecular weight excluding hydrogens is 232 g/mol. The minimum Gasteiger partial charge on any atom is -0.381 e. The second kappa shape index (κ2) is 16.0. The summed E-state index contributed by atoms with van der Waals surface area (Å²) in [5, 5.41) is 0. The minimum absolute atomic E-state index is 0.947. The summed E-state index contributed by atoms with van der Waals surface area (Å²) in [7, 11) is 0. The van der Waals surface area contributed by atoms with Gasteiger partial charge in [-0.3, -0.25) is 0 Å². The zero-order valence-electron chi connectivity index (χ0n) is 13.8. The Morgan fingerprint density at radius 1 is 0.632 bits per heavy atom. The molecule has 115 valence electrons. The van der Waals surface area contributed by atoms with Gasteiger partial charge in [0.05, 0.1) is 0 Å². The molecule has 0 aromatic rings. The molecule has 0 aromatic heterocycles. The Bertz CT molecular complexity index is 154. The molecule has 0 saturated heterocycles. The van der Waals surface area contributed by atoms with E-state index < -0.39 is 0 Å². The van der Waals surface area contributed by atoms with Gasteiger partial charge in [-0.05, 0) is 25.2 Å². The molecule has 1 heteroatoms. The van der Waals surface area contributed by atoms with Gasteiger partial charge in [0.1, 0.15) is 0 Å². The first-order valence-electron chi connectivity index (χ1n) is 8.64. The van der Waals surface area contributed by atoms with Gasteiger partial charge in [0.25, 0.3) is 0 Å². The average molecular weight is 269 g/mol. The zero-order chi connectivity index (χ0) is 14.2. The molecule has 0 aromatic carbocycles. The number of rotatable bonds is 15. The molecule has 0 saturated carbocycles. The largest absolute Gasteiger partial charge is 0.381 e. The molecule has 0 aliphatic rings. The maximum Gasteiger partial charge on any atom is 0.0466 e. The van der Waals surface area contributed by atoms with E-state index in [4.69, 9.17) is 4.74 Å². The van der Waals surface area contributed by atoms with E-state index in [0.717, 1.165) is 13.2 Å². The predicted molar refractivity (Wildman–Crippen MR) is 86.5 cm³/mol. The molecular formula is C18H37O. The Hall–Kier alpha value is -0.0400. The molecule has 1 radical (unpaired) electrons. The van der Waals surface area contributed by atoms with Gasteiger partial charge in [0.2, 0.25) is 0 Å². The Morgan fingerprint density at radius 2 is 1.11 bits per heavy atom. The van der Waals surface area contributed by atoms with Crippen LogP contribution in [-0.4, -0.2) is 13.2 Å². The molecule has 0 atom stereocenters. The zero-order valence-corrected chi connectivity index (χ0v) is 13.8. The van der Waals surface area contributed by atoms with Crippen LogP contribution in [0.25, 0.3) is 0 Å². The van der Waals surface area contributed by atoms with Crippen molar-refractivity contribution in [3.63, 3.8) is 0 Å². The summed E-state index contributed by atoms with van der Waals surface area (Å²) in [4.78, 5) is 0. The third-order valence-corrected chi connectivity index (χ3v) is 3.61. The van der Waals surface area contributed by atoms with Crippen molar-refractivity contribution in [3.05, 3.63) is 5.92 Å². The summed E-state index contributed by atoms with van der Waals surface area (Å²) in [6, 6.07) is 0. The molecule has 0 aliphatic carbocycles. The topological polar surface area (TPSA) is 9.23 Å². The van der Waals surface area contributed by atoms with E-state index in [2.05, 4.69) is 20.8 Å². The van der Waals surface area contributed by atoms with Crippen LogP contribution in [0.15, 0.2) is 0 Å². The summed E-state index contributed by atoms with van der Waals surface area (Å²) in [5.74, 6) is 1.52. The van der Waals surface area contributed by atoms with Crippen LogP contribution in [0.1, 0.15) is 97.8 Å². The van der Waals surface area contributed by atoms with E-state index in [1.54, 1.807) is 0 Å². The molecule has 0 amide bonds. The Labute approximate surface area is 122 Å². The lowest BCUT2D eigenvalue weighted by Crippen LogP contribution is -1.98. The first-order chi connectivity index (χ1) is 9.27. The molecule has 0 rings (SSSR count). The normalized spacial score (nSPS) is 11.4. The van der Waals surface area contributed by atoms with Gasteiger partial charge in [0, 0.05) is 13.2 Å². The minimum atomic E-state index is 0.947. The SMILES string of the molecule is CCCCCCCCCCCCOCCC[C](C)C. The number of ether oxygens (including phenoxy) is 1. The maximum atomic E-state index is 5.64. The van der Waals surface area contributed by atoms with Crippen LogP contribution in [0.4, 0.5) is 0 Å². The van der Waals surface area contributed by atoms with Crippen LogP contribution in [0.2, 0.25) is 0 Å². The van der Waals surface area contributed by atoms with E-state index in [0.29, 0.717) is 0 Å². The second-order valence-corrected chi connectivity index (χ2v) is 6.11. The van der Waals surface area contributed by atoms with E-state index in [9.17, 15) is 0 Å². The fraction of sp³-hybridized carbons (Fsp3) is 0.944. The van der Waals surface area contributed by atoms with E-state index in [1.807, 2.05) is 0 Å². The van der Waals surface area contributed by atoms with Crippen LogP contribution in [0.3, 0.4) is 0 Å². The highest BCUT2D eigenvalue weighted by molar-refractivity contribution is 4.75. The van der Waals surface area contributed by atoms with Crippen LogP contribution in [-0.2, 0) is 4.74 Å². The van der Waals surface area contributed by atoms with Gasteiger partial charge in [0.15, 0.2) is 0 Å². The Morgan fingerprint density at radius 3 is 1.63 bits per heavy atom. The molecule has 0 bridgehead atoms. The van der Waals surface area contributed by atoms with Gasteiger partial charge < -0.3 is 4.74 Å². The van der Waals surface area contributed by atoms with Crippen molar-refractivity contribution < 1.29 is 4.74 Å². The van der Waals surface area contributed by atoms with Crippen molar-refractivity contribution in [2.75, 3.05) is 13.2 Å². The Balaban J connectivity index is 2.91.